The number of rotatable bonds is 2. The van der Waals surface area contributed by atoms with E-state index in [1.807, 2.05) is 29.0 Å². The Labute approximate surface area is 130 Å². The van der Waals surface area contributed by atoms with E-state index in [0.717, 1.165) is 20.4 Å². The third-order valence-corrected chi connectivity index (χ3v) is 3.97. The molecule has 0 aliphatic heterocycles. The molecule has 0 amide bonds. The highest BCUT2D eigenvalue weighted by molar-refractivity contribution is 14.1. The molecule has 0 saturated heterocycles. The molecule has 0 atom stereocenters. The Bertz CT molecular complexity index is 768. The van der Waals surface area contributed by atoms with E-state index in [9.17, 15) is 0 Å². The van der Waals surface area contributed by atoms with Gasteiger partial charge in [-0.05, 0) is 58.0 Å². The van der Waals surface area contributed by atoms with Crippen molar-refractivity contribution in [1.82, 2.24) is 9.55 Å². The van der Waals surface area contributed by atoms with Crippen LogP contribution >= 0.6 is 22.6 Å². The van der Waals surface area contributed by atoms with Crippen LogP contribution in [0.4, 0.5) is 0 Å². The summed E-state index contributed by atoms with van der Waals surface area (Å²) in [4.78, 5) is 4.04. The fourth-order valence-electron chi connectivity index (χ4n) is 2.04. The van der Waals surface area contributed by atoms with Crippen LogP contribution in [0.1, 0.15) is 5.56 Å². The van der Waals surface area contributed by atoms with Gasteiger partial charge in [-0.1, -0.05) is 18.2 Å². The molecule has 3 nitrogen and oxygen atoms in total. The first-order valence-electron chi connectivity index (χ1n) is 6.06. The summed E-state index contributed by atoms with van der Waals surface area (Å²) in [5, 5.41) is 8.90. The molecule has 96 valence electrons. The fraction of sp³-hybridized carbons (Fsp3) is 0. The van der Waals surface area contributed by atoms with Crippen molar-refractivity contribution in [3.8, 4) is 22.9 Å². The topological polar surface area (TPSA) is 41.6 Å². The van der Waals surface area contributed by atoms with E-state index < -0.39 is 0 Å². The molecule has 0 aliphatic rings. The molecule has 0 aliphatic carbocycles. The maximum absolute atomic E-state index is 8.90. The van der Waals surface area contributed by atoms with Crippen molar-refractivity contribution in [2.75, 3.05) is 0 Å². The average molecular weight is 371 g/mol. The van der Waals surface area contributed by atoms with Crippen molar-refractivity contribution in [2.24, 2.45) is 0 Å². The Balaban J connectivity index is 1.98. The zero-order chi connectivity index (χ0) is 13.9. The van der Waals surface area contributed by atoms with Crippen molar-refractivity contribution in [3.63, 3.8) is 0 Å². The fourth-order valence-corrected chi connectivity index (χ4v) is 2.87. The second-order valence-corrected chi connectivity index (χ2v) is 5.49. The van der Waals surface area contributed by atoms with Gasteiger partial charge in [0.15, 0.2) is 0 Å². The minimum Gasteiger partial charge on any atom is -0.306 e. The van der Waals surface area contributed by atoms with E-state index in [1.54, 1.807) is 12.5 Å². The smallest absolute Gasteiger partial charge is 0.0991 e. The number of nitrogens with zero attached hydrogens (tertiary/aromatic N) is 3. The maximum atomic E-state index is 8.90. The lowest BCUT2D eigenvalue weighted by atomic mass is 10.0. The van der Waals surface area contributed by atoms with Gasteiger partial charge in [0.05, 0.1) is 18.0 Å². The highest BCUT2D eigenvalue weighted by Crippen LogP contribution is 2.26. The molecule has 0 saturated carbocycles. The number of halogens is 1. The van der Waals surface area contributed by atoms with Gasteiger partial charge in [-0.2, -0.15) is 5.26 Å². The molecule has 0 radical (unpaired) electrons. The molecule has 0 unspecified atom stereocenters. The van der Waals surface area contributed by atoms with E-state index in [1.165, 1.54) is 0 Å². The number of benzene rings is 2. The Morgan fingerprint density at radius 1 is 1.10 bits per heavy atom. The van der Waals surface area contributed by atoms with Crippen LogP contribution in [0.5, 0.6) is 0 Å². The summed E-state index contributed by atoms with van der Waals surface area (Å²) in [7, 11) is 0. The van der Waals surface area contributed by atoms with Gasteiger partial charge in [-0.25, -0.2) is 4.98 Å². The first-order chi connectivity index (χ1) is 9.78. The molecule has 3 rings (SSSR count). The van der Waals surface area contributed by atoms with Crippen LogP contribution in [0.25, 0.3) is 16.8 Å². The van der Waals surface area contributed by atoms with Gasteiger partial charge in [0.2, 0.25) is 0 Å². The van der Waals surface area contributed by atoms with E-state index in [-0.39, 0.29) is 0 Å². The van der Waals surface area contributed by atoms with E-state index in [4.69, 9.17) is 5.26 Å². The van der Waals surface area contributed by atoms with Crippen LogP contribution in [0.3, 0.4) is 0 Å². The third-order valence-electron chi connectivity index (χ3n) is 3.08. The summed E-state index contributed by atoms with van der Waals surface area (Å²) in [6, 6.07) is 16.2. The summed E-state index contributed by atoms with van der Waals surface area (Å²) in [6.07, 6.45) is 5.46. The highest BCUT2D eigenvalue weighted by Gasteiger charge is 2.04. The van der Waals surface area contributed by atoms with Crippen molar-refractivity contribution in [3.05, 3.63) is 70.3 Å². The van der Waals surface area contributed by atoms with Crippen molar-refractivity contribution < 1.29 is 0 Å². The largest absolute Gasteiger partial charge is 0.306 e. The minimum atomic E-state index is 0.688. The SMILES string of the molecule is N#Cc1ccc(-c2ccc(-n3ccnc3)cc2)c(I)c1. The summed E-state index contributed by atoms with van der Waals surface area (Å²) >= 11 is 2.27. The van der Waals surface area contributed by atoms with Crippen LogP contribution in [0, 0.1) is 14.9 Å². The molecule has 0 fully saturated rings. The lowest BCUT2D eigenvalue weighted by Gasteiger charge is -2.07. The zero-order valence-electron chi connectivity index (χ0n) is 10.5. The molecule has 1 heterocycles. The second-order valence-electron chi connectivity index (χ2n) is 4.32. The molecule has 2 aromatic carbocycles. The number of imidazole rings is 1. The second kappa shape index (κ2) is 5.47. The van der Waals surface area contributed by atoms with E-state index in [0.29, 0.717) is 5.56 Å². The summed E-state index contributed by atoms with van der Waals surface area (Å²) < 4.78 is 3.05. The molecule has 0 N–H and O–H groups in total. The van der Waals surface area contributed by atoms with Crippen LogP contribution in [0.2, 0.25) is 0 Å². The van der Waals surface area contributed by atoms with Crippen LogP contribution in [-0.2, 0) is 0 Å². The van der Waals surface area contributed by atoms with Crippen molar-refractivity contribution >= 4 is 22.6 Å². The molecule has 0 spiro atoms. The Hall–Kier alpha value is -2.13. The van der Waals surface area contributed by atoms with Gasteiger partial charge in [0.25, 0.3) is 0 Å². The van der Waals surface area contributed by atoms with Gasteiger partial charge in [-0.3, -0.25) is 0 Å². The number of hydrogen-bond acceptors (Lipinski definition) is 2. The normalized spacial score (nSPS) is 10.2. The maximum Gasteiger partial charge on any atom is 0.0991 e. The highest BCUT2D eigenvalue weighted by atomic mass is 127. The lowest BCUT2D eigenvalue weighted by Crippen LogP contribution is -1.90. The first kappa shape index (κ1) is 12.9. The molecule has 3 aromatic rings. The van der Waals surface area contributed by atoms with Crippen LogP contribution in [0.15, 0.2) is 61.2 Å². The standard InChI is InChI=1S/C16H10IN3/c17-16-9-12(10-18)1-6-15(16)13-2-4-14(5-3-13)20-8-7-19-11-20/h1-9,11H. The molecular weight excluding hydrogens is 361 g/mol. The molecule has 0 bridgehead atoms. The third kappa shape index (κ3) is 2.45. The summed E-state index contributed by atoms with van der Waals surface area (Å²) in [5.74, 6) is 0. The first-order valence-corrected chi connectivity index (χ1v) is 7.14. The lowest BCUT2D eigenvalue weighted by molar-refractivity contribution is 1.06. The predicted molar refractivity (Wildman–Crippen MR) is 86.4 cm³/mol. The monoisotopic (exact) mass is 371 g/mol. The minimum absolute atomic E-state index is 0.688. The summed E-state index contributed by atoms with van der Waals surface area (Å²) in [6.45, 7) is 0. The number of nitriles is 1. The van der Waals surface area contributed by atoms with Gasteiger partial charge in [-0.15, -0.1) is 0 Å². The molecule has 20 heavy (non-hydrogen) atoms. The molecule has 4 heteroatoms. The van der Waals surface area contributed by atoms with Gasteiger partial charge < -0.3 is 4.57 Å². The quantitative estimate of drug-likeness (QED) is 0.639. The van der Waals surface area contributed by atoms with E-state index in [2.05, 4.69) is 57.9 Å². The van der Waals surface area contributed by atoms with Gasteiger partial charge >= 0.3 is 0 Å². The van der Waals surface area contributed by atoms with Crippen molar-refractivity contribution in [2.45, 2.75) is 0 Å². The van der Waals surface area contributed by atoms with Gasteiger partial charge in [0.1, 0.15) is 0 Å². The van der Waals surface area contributed by atoms with Gasteiger partial charge in [0, 0.05) is 21.7 Å². The van der Waals surface area contributed by atoms with Crippen LogP contribution in [-0.4, -0.2) is 9.55 Å². The van der Waals surface area contributed by atoms with Crippen molar-refractivity contribution in [1.29, 1.82) is 5.26 Å². The Morgan fingerprint density at radius 3 is 2.50 bits per heavy atom. The Morgan fingerprint density at radius 2 is 1.90 bits per heavy atom. The number of aromatic nitrogens is 2. The zero-order valence-corrected chi connectivity index (χ0v) is 12.7. The summed E-state index contributed by atoms with van der Waals surface area (Å²) in [5.41, 5.74) is 4.05. The van der Waals surface area contributed by atoms with Crippen LogP contribution < -0.4 is 0 Å². The molecule has 1 aromatic heterocycles. The Kier molecular flexibility index (Phi) is 3.52. The van der Waals surface area contributed by atoms with E-state index >= 15 is 0 Å². The average Bonchev–Trinajstić information content (AvgIpc) is 3.01. The number of hydrogen-bond donors (Lipinski definition) is 0. The molecular formula is C16H10IN3. The predicted octanol–water partition coefficient (Wildman–Crippen LogP) is 4.02.